The van der Waals surface area contributed by atoms with Crippen molar-refractivity contribution in [2.24, 2.45) is 20.6 Å². The fourth-order valence-corrected chi connectivity index (χ4v) is 0.390. The fourth-order valence-electron chi connectivity index (χ4n) is 0.150. The summed E-state index contributed by atoms with van der Waals surface area (Å²) in [6, 6.07) is 0. The third-order valence-corrected chi connectivity index (χ3v) is 1.23. The molecule has 1 radical (unpaired) electrons. The van der Waals surface area contributed by atoms with Crippen molar-refractivity contribution in [3.8, 4) is 0 Å². The number of sulfonamides is 1. The summed E-state index contributed by atoms with van der Waals surface area (Å²) in [5.74, 6) is 4.59. The molecule has 0 bridgehead atoms. The number of nitrogens with zero attached hydrogens (tertiary/aromatic N) is 3. The maximum absolute atomic E-state index is 10.4. The molecule has 0 aromatic rings. The smallest absolute Gasteiger partial charge is 0.292 e. The maximum atomic E-state index is 10.4. The summed E-state index contributed by atoms with van der Waals surface area (Å²) in [5.41, 5.74) is 0. The Morgan fingerprint density at radius 1 is 1.45 bits per heavy atom. The molecule has 0 aliphatic carbocycles. The molecule has 67 valence electrons. The molecular weight excluding hydrogens is 220 g/mol. The van der Waals surface area contributed by atoms with Gasteiger partial charge in [-0.3, -0.25) is 0 Å². The molecule has 0 atom stereocenters. The van der Waals surface area contributed by atoms with Crippen LogP contribution in [0.15, 0.2) is 26.7 Å². The summed E-state index contributed by atoms with van der Waals surface area (Å²) in [7, 11) is -3.62. The van der Waals surface area contributed by atoms with Crippen molar-refractivity contribution in [2.45, 2.75) is 0 Å². The average molecular weight is 226 g/mol. The number of nitrogens with two attached hydrogens (primary N) is 1. The second kappa shape index (κ2) is 6.02. The van der Waals surface area contributed by atoms with Crippen LogP contribution in [0.5, 0.6) is 0 Å². The third-order valence-electron chi connectivity index (χ3n) is 0.490. The Labute approximate surface area is 74.8 Å². The van der Waals surface area contributed by atoms with Gasteiger partial charge in [0, 0.05) is 22.5 Å². The summed E-state index contributed by atoms with van der Waals surface area (Å²) >= 11 is 0. The maximum Gasteiger partial charge on any atom is 0.292 e. The van der Waals surface area contributed by atoms with E-state index in [0.29, 0.717) is 5.41 Å². The standard InChI is InChI=1S/C3H6N4O2S.Cu/c1-2-10(8,9)7-6-3-5-4;/h2-3H,1,4H2;. The van der Waals surface area contributed by atoms with Gasteiger partial charge in [0.2, 0.25) is 0 Å². The van der Waals surface area contributed by atoms with E-state index < -0.39 is 10.0 Å². The van der Waals surface area contributed by atoms with Gasteiger partial charge >= 0.3 is 0 Å². The van der Waals surface area contributed by atoms with E-state index in [4.69, 9.17) is 0 Å². The van der Waals surface area contributed by atoms with Gasteiger partial charge in [-0.25, -0.2) is 0 Å². The second-order valence-corrected chi connectivity index (χ2v) is 2.67. The van der Waals surface area contributed by atoms with E-state index in [2.05, 4.69) is 27.2 Å². The van der Waals surface area contributed by atoms with Crippen molar-refractivity contribution in [2.75, 3.05) is 0 Å². The van der Waals surface area contributed by atoms with Gasteiger partial charge in [0.05, 0.1) is 0 Å². The summed E-state index contributed by atoms with van der Waals surface area (Å²) in [4.78, 5) is 0. The summed E-state index contributed by atoms with van der Waals surface area (Å²) in [6.07, 6.45) is 0.807. The van der Waals surface area contributed by atoms with Crippen LogP contribution in [0.1, 0.15) is 0 Å². The van der Waals surface area contributed by atoms with Gasteiger partial charge < -0.3 is 5.84 Å². The van der Waals surface area contributed by atoms with Crippen LogP contribution in [0.25, 0.3) is 0 Å². The summed E-state index contributed by atoms with van der Waals surface area (Å²) in [6.45, 7) is 2.99. The molecule has 0 amide bonds. The number of hydrazone groups is 1. The molecule has 0 aromatic carbocycles. The Morgan fingerprint density at radius 3 is 2.36 bits per heavy atom. The van der Waals surface area contributed by atoms with Crippen LogP contribution < -0.4 is 5.84 Å². The van der Waals surface area contributed by atoms with E-state index in [0.717, 1.165) is 6.34 Å². The molecule has 0 saturated heterocycles. The van der Waals surface area contributed by atoms with E-state index >= 15 is 0 Å². The van der Waals surface area contributed by atoms with E-state index in [1.165, 1.54) is 0 Å². The molecule has 0 unspecified atom stereocenters. The van der Waals surface area contributed by atoms with Crippen molar-refractivity contribution in [3.05, 3.63) is 12.0 Å². The zero-order valence-corrected chi connectivity index (χ0v) is 7.07. The molecule has 6 nitrogen and oxygen atoms in total. The fraction of sp³-hybridized carbons (Fsp3) is 0. The number of hydrogen-bond acceptors (Lipinski definition) is 4. The van der Waals surface area contributed by atoms with Crippen molar-refractivity contribution >= 4 is 16.4 Å². The molecule has 0 rings (SSSR count). The quantitative estimate of drug-likeness (QED) is 0.180. The van der Waals surface area contributed by atoms with Gasteiger partial charge in [-0.05, 0) is 0 Å². The largest absolute Gasteiger partial charge is 0.322 e. The Kier molecular flexibility index (Phi) is 7.07. The third kappa shape index (κ3) is 7.17. The first-order valence-corrected chi connectivity index (χ1v) is 3.64. The number of hydrogen-bond donors (Lipinski definition) is 1. The van der Waals surface area contributed by atoms with Crippen molar-refractivity contribution < 1.29 is 25.5 Å². The minimum Gasteiger partial charge on any atom is -0.322 e. The molecule has 0 aromatic heterocycles. The molecule has 0 aliphatic heterocycles. The molecule has 2 N–H and O–H groups in total. The Balaban J connectivity index is 0. The SMILES string of the molecule is C=CS(=O)(=O)N=NC=NN.[Cu]. The van der Waals surface area contributed by atoms with Crippen LogP contribution in [0.3, 0.4) is 0 Å². The Bertz CT molecular complexity index is 257. The molecule has 0 spiro atoms. The molecular formula is C3H6CuN4O2S. The molecule has 11 heavy (non-hydrogen) atoms. The van der Waals surface area contributed by atoms with E-state index in [1.54, 1.807) is 0 Å². The Hall–Kier alpha value is -0.721. The second-order valence-electron chi connectivity index (χ2n) is 1.14. The predicted octanol–water partition coefficient (Wildman–Crippen LogP) is -0.189. The van der Waals surface area contributed by atoms with Crippen LogP contribution in [-0.2, 0) is 27.1 Å². The summed E-state index contributed by atoms with van der Waals surface area (Å²) < 4.78 is 23.6. The van der Waals surface area contributed by atoms with E-state index in [9.17, 15) is 8.42 Å². The first-order valence-electron chi connectivity index (χ1n) is 2.13. The normalized spacial score (nSPS) is 11.6. The van der Waals surface area contributed by atoms with Crippen LogP contribution >= 0.6 is 0 Å². The number of rotatable bonds is 3. The minimum absolute atomic E-state index is 0. The van der Waals surface area contributed by atoms with Gasteiger partial charge in [0.15, 0.2) is 6.34 Å². The monoisotopic (exact) mass is 225 g/mol. The molecule has 0 aliphatic rings. The topological polar surface area (TPSA) is 97.2 Å². The predicted molar refractivity (Wildman–Crippen MR) is 36.7 cm³/mol. The van der Waals surface area contributed by atoms with Crippen molar-refractivity contribution in [1.29, 1.82) is 0 Å². The van der Waals surface area contributed by atoms with Gasteiger partial charge in [0.25, 0.3) is 10.0 Å². The van der Waals surface area contributed by atoms with Gasteiger partial charge in [0.1, 0.15) is 0 Å². The van der Waals surface area contributed by atoms with Crippen LogP contribution in [-0.4, -0.2) is 14.8 Å². The van der Waals surface area contributed by atoms with E-state index in [-0.39, 0.29) is 17.1 Å². The van der Waals surface area contributed by atoms with Crippen LogP contribution in [0, 0.1) is 0 Å². The van der Waals surface area contributed by atoms with Gasteiger partial charge in [-0.1, -0.05) is 11.1 Å². The zero-order chi connectivity index (χ0) is 8.04. The van der Waals surface area contributed by atoms with Gasteiger partial charge in [-0.15, -0.1) is 5.11 Å². The van der Waals surface area contributed by atoms with E-state index in [1.807, 2.05) is 0 Å². The Morgan fingerprint density at radius 2 is 2.00 bits per heavy atom. The molecule has 0 fully saturated rings. The van der Waals surface area contributed by atoms with Crippen molar-refractivity contribution in [1.82, 2.24) is 0 Å². The molecule has 0 heterocycles. The van der Waals surface area contributed by atoms with Crippen LogP contribution in [0.4, 0.5) is 0 Å². The van der Waals surface area contributed by atoms with Crippen LogP contribution in [0.2, 0.25) is 0 Å². The first-order chi connectivity index (χ1) is 4.62. The molecule has 0 saturated carbocycles. The average Bonchev–Trinajstić information content (AvgIpc) is 1.89. The first kappa shape index (κ1) is 12.9. The summed E-state index contributed by atoms with van der Waals surface area (Å²) in [5, 5.41) is 6.54. The molecule has 8 heteroatoms. The van der Waals surface area contributed by atoms with Crippen molar-refractivity contribution in [3.63, 3.8) is 0 Å². The van der Waals surface area contributed by atoms with Gasteiger partial charge in [-0.2, -0.15) is 13.5 Å². The minimum atomic E-state index is -3.62. The zero-order valence-electron chi connectivity index (χ0n) is 5.31.